The largest absolute Gasteiger partial charge is 0.297 e. The van der Waals surface area contributed by atoms with Crippen LogP contribution in [-0.4, -0.2) is 12.8 Å². The predicted octanol–water partition coefficient (Wildman–Crippen LogP) is 3.71. The zero-order valence-corrected chi connectivity index (χ0v) is 9.72. The van der Waals surface area contributed by atoms with Gasteiger partial charge in [0.15, 0.2) is 0 Å². The quantitative estimate of drug-likeness (QED) is 0.453. The molecule has 0 saturated heterocycles. The number of nitrogens with zero attached hydrogens (tertiary/aromatic N) is 1. The standard InChI is InChI=1S/C12H23N/c1-7-12(11(5)13-6)8-10(4)9(2)3/h10,12H,2,7-8H2,1,3-6H3/b13-11-. The second-order valence-corrected chi connectivity index (χ2v) is 3.95. The van der Waals surface area contributed by atoms with E-state index in [-0.39, 0.29) is 0 Å². The van der Waals surface area contributed by atoms with Crippen molar-refractivity contribution in [3.8, 4) is 0 Å². The van der Waals surface area contributed by atoms with Crippen LogP contribution in [0.3, 0.4) is 0 Å². The first-order valence-corrected chi connectivity index (χ1v) is 5.11. The molecule has 1 nitrogen and oxygen atoms in total. The molecule has 0 rings (SSSR count). The van der Waals surface area contributed by atoms with Crippen molar-refractivity contribution in [1.29, 1.82) is 0 Å². The van der Waals surface area contributed by atoms with Gasteiger partial charge in [0, 0.05) is 12.8 Å². The van der Waals surface area contributed by atoms with Crippen molar-refractivity contribution in [1.82, 2.24) is 0 Å². The Labute approximate surface area is 83.0 Å². The van der Waals surface area contributed by atoms with Gasteiger partial charge in [0.1, 0.15) is 0 Å². The van der Waals surface area contributed by atoms with Crippen LogP contribution < -0.4 is 0 Å². The summed E-state index contributed by atoms with van der Waals surface area (Å²) in [5.74, 6) is 1.25. The summed E-state index contributed by atoms with van der Waals surface area (Å²) in [5.41, 5.74) is 2.55. The highest BCUT2D eigenvalue weighted by molar-refractivity contribution is 5.84. The van der Waals surface area contributed by atoms with E-state index in [4.69, 9.17) is 0 Å². The van der Waals surface area contributed by atoms with Crippen LogP contribution in [0.4, 0.5) is 0 Å². The second-order valence-electron chi connectivity index (χ2n) is 3.95. The topological polar surface area (TPSA) is 12.4 Å². The molecule has 0 saturated carbocycles. The monoisotopic (exact) mass is 181 g/mol. The van der Waals surface area contributed by atoms with Gasteiger partial charge in [-0.1, -0.05) is 26.0 Å². The first kappa shape index (κ1) is 12.4. The SMILES string of the molecule is C=C(C)C(C)CC(CC)/C(C)=N\C. The number of aliphatic imine (C=N–C) groups is 1. The smallest absolute Gasteiger partial charge is 0.0276 e. The summed E-state index contributed by atoms with van der Waals surface area (Å²) in [7, 11) is 1.88. The Balaban J connectivity index is 4.21. The molecule has 0 bridgehead atoms. The van der Waals surface area contributed by atoms with E-state index in [9.17, 15) is 0 Å². The molecule has 76 valence electrons. The third-order valence-corrected chi connectivity index (χ3v) is 2.92. The number of hydrogen-bond donors (Lipinski definition) is 0. The van der Waals surface area contributed by atoms with E-state index in [0.29, 0.717) is 11.8 Å². The van der Waals surface area contributed by atoms with Crippen molar-refractivity contribution in [2.24, 2.45) is 16.8 Å². The number of allylic oxidation sites excluding steroid dienone is 1. The molecule has 2 unspecified atom stereocenters. The van der Waals surface area contributed by atoms with Crippen molar-refractivity contribution in [2.45, 2.75) is 40.5 Å². The predicted molar refractivity (Wildman–Crippen MR) is 61.4 cm³/mol. The average Bonchev–Trinajstić information content (AvgIpc) is 2.12. The molecule has 0 aromatic carbocycles. The van der Waals surface area contributed by atoms with Crippen LogP contribution in [0.2, 0.25) is 0 Å². The molecule has 0 aromatic rings. The second kappa shape index (κ2) is 5.95. The van der Waals surface area contributed by atoms with Crippen LogP contribution in [0.1, 0.15) is 40.5 Å². The maximum atomic E-state index is 4.26. The summed E-state index contributed by atoms with van der Waals surface area (Å²) in [4.78, 5) is 4.26. The lowest BCUT2D eigenvalue weighted by Crippen LogP contribution is -2.14. The first-order valence-electron chi connectivity index (χ1n) is 5.11. The van der Waals surface area contributed by atoms with Gasteiger partial charge < -0.3 is 0 Å². The van der Waals surface area contributed by atoms with Crippen LogP contribution in [0, 0.1) is 11.8 Å². The third kappa shape index (κ3) is 4.25. The molecule has 0 aliphatic carbocycles. The highest BCUT2D eigenvalue weighted by atomic mass is 14.7. The van der Waals surface area contributed by atoms with E-state index in [1.54, 1.807) is 0 Å². The van der Waals surface area contributed by atoms with Crippen molar-refractivity contribution in [3.63, 3.8) is 0 Å². The van der Waals surface area contributed by atoms with Crippen LogP contribution in [0.25, 0.3) is 0 Å². The molecule has 0 amide bonds. The van der Waals surface area contributed by atoms with E-state index in [0.717, 1.165) is 0 Å². The Morgan fingerprint density at radius 2 is 1.92 bits per heavy atom. The zero-order chi connectivity index (χ0) is 10.4. The van der Waals surface area contributed by atoms with Gasteiger partial charge in [0.2, 0.25) is 0 Å². The van der Waals surface area contributed by atoms with Crippen LogP contribution in [0.15, 0.2) is 17.1 Å². The minimum atomic E-state index is 0.613. The fourth-order valence-corrected chi connectivity index (χ4v) is 1.44. The fourth-order valence-electron chi connectivity index (χ4n) is 1.44. The minimum absolute atomic E-state index is 0.613. The van der Waals surface area contributed by atoms with Crippen molar-refractivity contribution < 1.29 is 0 Å². The maximum absolute atomic E-state index is 4.26. The summed E-state index contributed by atoms with van der Waals surface area (Å²) in [6.45, 7) is 12.7. The lowest BCUT2D eigenvalue weighted by Gasteiger charge is -2.19. The molecule has 0 aliphatic heterocycles. The summed E-state index contributed by atoms with van der Waals surface area (Å²) < 4.78 is 0. The number of rotatable bonds is 5. The zero-order valence-electron chi connectivity index (χ0n) is 9.72. The maximum Gasteiger partial charge on any atom is 0.0276 e. The Kier molecular flexibility index (Phi) is 5.68. The summed E-state index contributed by atoms with van der Waals surface area (Å²) >= 11 is 0. The molecular weight excluding hydrogens is 158 g/mol. The van der Waals surface area contributed by atoms with Gasteiger partial charge in [-0.05, 0) is 38.5 Å². The summed E-state index contributed by atoms with van der Waals surface area (Å²) in [5, 5.41) is 0. The molecular formula is C12H23N. The fraction of sp³-hybridized carbons (Fsp3) is 0.750. The lowest BCUT2D eigenvalue weighted by atomic mass is 9.87. The van der Waals surface area contributed by atoms with Gasteiger partial charge >= 0.3 is 0 Å². The molecule has 0 spiro atoms. The highest BCUT2D eigenvalue weighted by Crippen LogP contribution is 2.21. The van der Waals surface area contributed by atoms with Gasteiger partial charge in [-0.2, -0.15) is 0 Å². The molecule has 1 heteroatoms. The highest BCUT2D eigenvalue weighted by Gasteiger charge is 2.13. The molecule has 0 aromatic heterocycles. The molecule has 0 heterocycles. The van der Waals surface area contributed by atoms with Crippen molar-refractivity contribution >= 4 is 5.71 Å². The Morgan fingerprint density at radius 3 is 2.23 bits per heavy atom. The molecule has 13 heavy (non-hydrogen) atoms. The van der Waals surface area contributed by atoms with Gasteiger partial charge in [0.05, 0.1) is 0 Å². The first-order chi connectivity index (χ1) is 6.02. The average molecular weight is 181 g/mol. The van der Waals surface area contributed by atoms with Gasteiger partial charge in [-0.3, -0.25) is 4.99 Å². The van der Waals surface area contributed by atoms with E-state index < -0.39 is 0 Å². The molecule has 2 atom stereocenters. The Hall–Kier alpha value is -0.590. The van der Waals surface area contributed by atoms with Gasteiger partial charge in [0.25, 0.3) is 0 Å². The van der Waals surface area contributed by atoms with Crippen molar-refractivity contribution in [2.75, 3.05) is 7.05 Å². The molecule has 0 aliphatic rings. The molecule has 0 N–H and O–H groups in total. The van der Waals surface area contributed by atoms with E-state index in [2.05, 4.69) is 39.3 Å². The minimum Gasteiger partial charge on any atom is -0.297 e. The normalized spacial score (nSPS) is 16.8. The summed E-state index contributed by atoms with van der Waals surface area (Å²) in [6, 6.07) is 0. The third-order valence-electron chi connectivity index (χ3n) is 2.92. The number of hydrogen-bond acceptors (Lipinski definition) is 1. The van der Waals surface area contributed by atoms with E-state index >= 15 is 0 Å². The van der Waals surface area contributed by atoms with Crippen LogP contribution in [-0.2, 0) is 0 Å². The Bertz CT molecular complexity index is 191. The van der Waals surface area contributed by atoms with Gasteiger partial charge in [-0.15, -0.1) is 0 Å². The Morgan fingerprint density at radius 1 is 1.38 bits per heavy atom. The summed E-state index contributed by atoms with van der Waals surface area (Å²) in [6.07, 6.45) is 2.37. The molecule has 0 fully saturated rings. The van der Waals surface area contributed by atoms with E-state index in [1.807, 2.05) is 7.05 Å². The van der Waals surface area contributed by atoms with Crippen LogP contribution in [0.5, 0.6) is 0 Å². The van der Waals surface area contributed by atoms with Crippen LogP contribution >= 0.6 is 0 Å². The van der Waals surface area contributed by atoms with E-state index in [1.165, 1.54) is 24.1 Å². The molecule has 0 radical (unpaired) electrons. The van der Waals surface area contributed by atoms with Gasteiger partial charge in [-0.25, -0.2) is 0 Å². The van der Waals surface area contributed by atoms with Crippen molar-refractivity contribution in [3.05, 3.63) is 12.2 Å². The lowest BCUT2D eigenvalue weighted by molar-refractivity contribution is 0.503.